The van der Waals surface area contributed by atoms with Gasteiger partial charge < -0.3 is 10.2 Å². The average Bonchev–Trinajstić information content (AvgIpc) is 3.52. The van der Waals surface area contributed by atoms with Crippen molar-refractivity contribution in [1.82, 2.24) is 24.5 Å². The number of carbonyl (C=O) groups is 2. The fourth-order valence-corrected chi connectivity index (χ4v) is 5.24. The summed E-state index contributed by atoms with van der Waals surface area (Å²) in [5, 5.41) is 12.7. The van der Waals surface area contributed by atoms with E-state index in [0.29, 0.717) is 39.6 Å². The number of benzene rings is 2. The lowest BCUT2D eigenvalue weighted by molar-refractivity contribution is -0.117. The molecule has 1 atom stereocenters. The van der Waals surface area contributed by atoms with Gasteiger partial charge in [0.25, 0.3) is 11.5 Å². The van der Waals surface area contributed by atoms with Gasteiger partial charge in [0, 0.05) is 43.1 Å². The second-order valence-electron chi connectivity index (χ2n) is 9.10. The number of carbonyl (C=O) groups excluding carboxylic acids is 2. The molecule has 3 heterocycles. The SMILES string of the molecule is CCC(C)NC(=O)c1ccc2c(=O)n(C)c3nnc(SCc4ccc(N5CCCC5=O)cc4)n3c2c1. The van der Waals surface area contributed by atoms with E-state index in [-0.39, 0.29) is 23.4 Å². The lowest BCUT2D eigenvalue weighted by Crippen LogP contribution is -2.32. The van der Waals surface area contributed by atoms with Crippen LogP contribution < -0.4 is 15.8 Å². The van der Waals surface area contributed by atoms with Crippen LogP contribution in [-0.4, -0.2) is 43.6 Å². The summed E-state index contributed by atoms with van der Waals surface area (Å²) in [5.41, 5.74) is 2.88. The largest absolute Gasteiger partial charge is 0.350 e. The van der Waals surface area contributed by atoms with Gasteiger partial charge in [0.1, 0.15) is 0 Å². The van der Waals surface area contributed by atoms with Crippen molar-refractivity contribution in [1.29, 1.82) is 0 Å². The van der Waals surface area contributed by atoms with Crippen LogP contribution in [0.25, 0.3) is 16.7 Å². The summed E-state index contributed by atoms with van der Waals surface area (Å²) in [4.78, 5) is 39.5. The number of anilines is 1. The summed E-state index contributed by atoms with van der Waals surface area (Å²) < 4.78 is 3.30. The first-order chi connectivity index (χ1) is 17.4. The van der Waals surface area contributed by atoms with Crippen LogP contribution >= 0.6 is 11.8 Å². The Morgan fingerprint density at radius 3 is 2.61 bits per heavy atom. The highest BCUT2D eigenvalue weighted by atomic mass is 32.2. The molecular formula is C26H28N6O3S. The van der Waals surface area contributed by atoms with E-state index in [1.807, 2.05) is 47.4 Å². The second kappa shape index (κ2) is 9.77. The summed E-state index contributed by atoms with van der Waals surface area (Å²) in [6.45, 7) is 4.73. The minimum Gasteiger partial charge on any atom is -0.350 e. The van der Waals surface area contributed by atoms with Crippen LogP contribution in [0.4, 0.5) is 5.69 Å². The number of fused-ring (bicyclic) bond motifs is 3. The zero-order chi connectivity index (χ0) is 25.4. The third-order valence-electron chi connectivity index (χ3n) is 6.63. The summed E-state index contributed by atoms with van der Waals surface area (Å²) >= 11 is 1.50. The normalized spacial score (nSPS) is 14.6. The van der Waals surface area contributed by atoms with Crippen molar-refractivity contribution < 1.29 is 9.59 Å². The third kappa shape index (κ3) is 4.37. The molecule has 4 aromatic rings. The monoisotopic (exact) mass is 504 g/mol. The number of rotatable bonds is 7. The van der Waals surface area contributed by atoms with Gasteiger partial charge in [-0.15, -0.1) is 10.2 Å². The Bertz CT molecular complexity index is 1530. The fourth-order valence-electron chi connectivity index (χ4n) is 4.34. The highest BCUT2D eigenvalue weighted by Gasteiger charge is 2.22. The number of nitrogens with zero attached hydrogens (tertiary/aromatic N) is 5. The van der Waals surface area contributed by atoms with Gasteiger partial charge in [-0.3, -0.25) is 23.4 Å². The average molecular weight is 505 g/mol. The highest BCUT2D eigenvalue weighted by molar-refractivity contribution is 7.98. The number of hydrogen-bond acceptors (Lipinski definition) is 6. The van der Waals surface area contributed by atoms with Crippen LogP contribution in [0.5, 0.6) is 0 Å². The topological polar surface area (TPSA) is 102 Å². The molecule has 5 rings (SSSR count). The summed E-state index contributed by atoms with van der Waals surface area (Å²) in [5.74, 6) is 1.03. The first-order valence-electron chi connectivity index (χ1n) is 12.1. The fraction of sp³-hybridized carbons (Fsp3) is 0.346. The maximum Gasteiger partial charge on any atom is 0.262 e. The Hall–Kier alpha value is -3.66. The number of aromatic nitrogens is 4. The van der Waals surface area contributed by atoms with E-state index in [9.17, 15) is 14.4 Å². The van der Waals surface area contributed by atoms with E-state index in [1.54, 1.807) is 25.2 Å². The quantitative estimate of drug-likeness (QED) is 0.387. The van der Waals surface area contributed by atoms with Crippen molar-refractivity contribution in [3.8, 4) is 0 Å². The minimum absolute atomic E-state index is 0.0489. The summed E-state index contributed by atoms with van der Waals surface area (Å²) in [7, 11) is 1.67. The van der Waals surface area contributed by atoms with E-state index >= 15 is 0 Å². The lowest BCUT2D eigenvalue weighted by Gasteiger charge is -2.15. The number of amides is 2. The molecule has 1 fully saturated rings. The molecule has 1 unspecified atom stereocenters. The maximum absolute atomic E-state index is 12.9. The van der Waals surface area contributed by atoms with Gasteiger partial charge in [-0.2, -0.15) is 0 Å². The molecule has 1 aliphatic rings. The molecule has 1 saturated heterocycles. The molecule has 2 aromatic heterocycles. The zero-order valence-corrected chi connectivity index (χ0v) is 21.3. The smallest absolute Gasteiger partial charge is 0.262 e. The van der Waals surface area contributed by atoms with Gasteiger partial charge in [0.05, 0.1) is 10.9 Å². The van der Waals surface area contributed by atoms with Crippen LogP contribution in [0, 0.1) is 0 Å². The van der Waals surface area contributed by atoms with Crippen molar-refractivity contribution >= 4 is 45.9 Å². The van der Waals surface area contributed by atoms with E-state index in [1.165, 1.54) is 16.3 Å². The Balaban J connectivity index is 1.46. The molecule has 2 amide bonds. The number of aryl methyl sites for hydroxylation is 1. The van der Waals surface area contributed by atoms with Crippen LogP contribution in [0.15, 0.2) is 52.4 Å². The van der Waals surface area contributed by atoms with Gasteiger partial charge in [-0.1, -0.05) is 30.8 Å². The van der Waals surface area contributed by atoms with Gasteiger partial charge >= 0.3 is 0 Å². The van der Waals surface area contributed by atoms with Crippen LogP contribution in [0.1, 0.15) is 49.0 Å². The molecule has 36 heavy (non-hydrogen) atoms. The van der Waals surface area contributed by atoms with Crippen molar-refractivity contribution in [2.75, 3.05) is 11.4 Å². The number of thioether (sulfide) groups is 1. The first-order valence-corrected chi connectivity index (χ1v) is 13.1. The highest BCUT2D eigenvalue weighted by Crippen LogP contribution is 2.27. The third-order valence-corrected chi connectivity index (χ3v) is 7.63. The molecule has 1 N–H and O–H groups in total. The van der Waals surface area contributed by atoms with Crippen molar-refractivity contribution in [3.05, 3.63) is 63.9 Å². The molecule has 0 aliphatic carbocycles. The zero-order valence-electron chi connectivity index (χ0n) is 20.5. The van der Waals surface area contributed by atoms with Gasteiger partial charge in [0.2, 0.25) is 11.7 Å². The summed E-state index contributed by atoms with van der Waals surface area (Å²) in [6.07, 6.45) is 2.33. The number of nitrogens with one attached hydrogen (secondary N) is 1. The predicted octanol–water partition coefficient (Wildman–Crippen LogP) is 3.53. The molecule has 0 saturated carbocycles. The number of hydrogen-bond donors (Lipinski definition) is 1. The molecule has 2 aromatic carbocycles. The Morgan fingerprint density at radius 1 is 1.14 bits per heavy atom. The van der Waals surface area contributed by atoms with Crippen LogP contribution in [-0.2, 0) is 17.6 Å². The Labute approximate surface area is 212 Å². The molecule has 0 radical (unpaired) electrons. The van der Waals surface area contributed by atoms with Gasteiger partial charge in [0.15, 0.2) is 5.16 Å². The standard InChI is InChI=1S/C26H28N6O3S/c1-4-16(2)27-23(34)18-9-12-20-21(14-18)32-25(30(3)24(20)35)28-29-26(32)36-15-17-7-10-19(11-8-17)31-13-5-6-22(31)33/h7-12,14,16H,4-6,13,15H2,1-3H3,(H,27,34). The molecule has 0 bridgehead atoms. The maximum atomic E-state index is 12.9. The first kappa shape index (κ1) is 24.1. The van der Waals surface area contributed by atoms with E-state index in [0.717, 1.165) is 30.6 Å². The van der Waals surface area contributed by atoms with Gasteiger partial charge in [-0.05, 0) is 55.7 Å². The van der Waals surface area contributed by atoms with Crippen molar-refractivity contribution in [3.63, 3.8) is 0 Å². The molecule has 0 spiro atoms. The van der Waals surface area contributed by atoms with Crippen molar-refractivity contribution in [2.45, 2.75) is 50.1 Å². The van der Waals surface area contributed by atoms with Crippen LogP contribution in [0.2, 0.25) is 0 Å². The predicted molar refractivity (Wildman–Crippen MR) is 141 cm³/mol. The van der Waals surface area contributed by atoms with E-state index < -0.39 is 0 Å². The summed E-state index contributed by atoms with van der Waals surface area (Å²) in [6, 6.07) is 13.1. The minimum atomic E-state index is -0.192. The molecule has 186 valence electrons. The molecule has 1 aliphatic heterocycles. The molecular weight excluding hydrogens is 476 g/mol. The Kier molecular flexibility index (Phi) is 6.53. The Morgan fingerprint density at radius 2 is 1.92 bits per heavy atom. The second-order valence-corrected chi connectivity index (χ2v) is 10.0. The molecule has 9 nitrogen and oxygen atoms in total. The van der Waals surface area contributed by atoms with Crippen LogP contribution in [0.3, 0.4) is 0 Å². The van der Waals surface area contributed by atoms with E-state index in [4.69, 9.17) is 0 Å². The lowest BCUT2D eigenvalue weighted by atomic mass is 10.1. The molecule has 10 heteroatoms. The van der Waals surface area contributed by atoms with Gasteiger partial charge in [-0.25, -0.2) is 0 Å². The van der Waals surface area contributed by atoms with Crippen molar-refractivity contribution in [2.24, 2.45) is 7.05 Å². The van der Waals surface area contributed by atoms with E-state index in [2.05, 4.69) is 15.5 Å².